The minimum absolute atomic E-state index is 0.0984. The number of aryl methyl sites for hydroxylation is 1. The Kier molecular flexibility index (Phi) is 6.61. The number of nitrogens with one attached hydrogen (secondary N) is 1. The van der Waals surface area contributed by atoms with Crippen LogP contribution in [0.25, 0.3) is 5.57 Å². The molecule has 156 valence electrons. The average molecular weight is 402 g/mol. The molecule has 3 heteroatoms. The topological polar surface area (TPSA) is 49.3 Å². The summed E-state index contributed by atoms with van der Waals surface area (Å²) in [5.74, 6) is 0.608. The summed E-state index contributed by atoms with van der Waals surface area (Å²) in [6.07, 6.45) is 4.63. The van der Waals surface area contributed by atoms with Crippen LogP contribution in [-0.4, -0.2) is 30.6 Å². The lowest BCUT2D eigenvalue weighted by Gasteiger charge is -2.33. The maximum absolute atomic E-state index is 13.5. The number of carbonyl (C=O) groups is 1. The van der Waals surface area contributed by atoms with Gasteiger partial charge in [0.1, 0.15) is 0 Å². The molecule has 2 aromatic rings. The van der Waals surface area contributed by atoms with Crippen molar-refractivity contribution in [1.29, 1.82) is 0 Å². The number of carbonyl (C=O) groups excluding carboxylic acids is 1. The molecule has 1 aliphatic heterocycles. The van der Waals surface area contributed by atoms with E-state index in [0.29, 0.717) is 12.3 Å². The number of allylic oxidation sites excluding steroid dienone is 2. The quantitative estimate of drug-likeness (QED) is 0.662. The molecule has 0 spiro atoms. The molecular weight excluding hydrogens is 370 g/mol. The van der Waals surface area contributed by atoms with Gasteiger partial charge < -0.3 is 10.4 Å². The Morgan fingerprint density at radius 2 is 1.83 bits per heavy atom. The second-order valence-corrected chi connectivity index (χ2v) is 8.44. The van der Waals surface area contributed by atoms with E-state index >= 15 is 0 Å². The van der Waals surface area contributed by atoms with Gasteiger partial charge in [-0.3, -0.25) is 4.79 Å². The van der Waals surface area contributed by atoms with Gasteiger partial charge in [0.15, 0.2) is 5.78 Å². The second-order valence-electron chi connectivity index (χ2n) is 8.44. The largest absolute Gasteiger partial charge is 0.396 e. The molecule has 30 heavy (non-hydrogen) atoms. The van der Waals surface area contributed by atoms with E-state index in [-0.39, 0.29) is 12.4 Å². The molecule has 2 aliphatic rings. The smallest absolute Gasteiger partial charge is 0.189 e. The summed E-state index contributed by atoms with van der Waals surface area (Å²) in [6.45, 7) is 4.25. The van der Waals surface area contributed by atoms with Crippen LogP contribution in [0.15, 0.2) is 71.3 Å². The number of ketones is 1. The zero-order valence-electron chi connectivity index (χ0n) is 17.8. The van der Waals surface area contributed by atoms with Crippen molar-refractivity contribution in [3.63, 3.8) is 0 Å². The molecule has 4 rings (SSSR count). The maximum atomic E-state index is 13.5. The van der Waals surface area contributed by atoms with Crippen LogP contribution in [-0.2, 0) is 0 Å². The molecule has 1 heterocycles. The van der Waals surface area contributed by atoms with E-state index in [4.69, 9.17) is 0 Å². The number of benzene rings is 2. The van der Waals surface area contributed by atoms with Gasteiger partial charge in [-0.1, -0.05) is 65.7 Å². The third-order valence-corrected chi connectivity index (χ3v) is 6.44. The van der Waals surface area contributed by atoms with Gasteiger partial charge >= 0.3 is 0 Å². The van der Waals surface area contributed by atoms with E-state index in [1.54, 1.807) is 0 Å². The van der Waals surface area contributed by atoms with E-state index < -0.39 is 0 Å². The third kappa shape index (κ3) is 4.33. The average Bonchev–Trinajstić information content (AvgIpc) is 2.80. The van der Waals surface area contributed by atoms with Crippen molar-refractivity contribution in [2.24, 2.45) is 5.92 Å². The minimum Gasteiger partial charge on any atom is -0.396 e. The van der Waals surface area contributed by atoms with E-state index in [9.17, 15) is 9.90 Å². The Morgan fingerprint density at radius 1 is 1.07 bits per heavy atom. The van der Waals surface area contributed by atoms with Crippen LogP contribution in [0.5, 0.6) is 0 Å². The molecule has 0 saturated carbocycles. The minimum atomic E-state index is 0.0984. The Hall–Kier alpha value is -2.49. The summed E-state index contributed by atoms with van der Waals surface area (Å²) < 4.78 is 0. The molecular formula is C27H31NO2. The predicted octanol–water partition coefficient (Wildman–Crippen LogP) is 5.10. The highest BCUT2D eigenvalue weighted by Gasteiger charge is 2.30. The Balaban J connectivity index is 1.88. The zero-order chi connectivity index (χ0) is 20.9. The van der Waals surface area contributed by atoms with Crippen molar-refractivity contribution in [1.82, 2.24) is 5.32 Å². The number of rotatable bonds is 6. The molecule has 0 amide bonds. The van der Waals surface area contributed by atoms with Gasteiger partial charge in [0.2, 0.25) is 0 Å². The number of aliphatic hydroxyl groups excluding tert-OH is 1. The first-order valence-electron chi connectivity index (χ1n) is 11.1. The lowest BCUT2D eigenvalue weighted by Crippen LogP contribution is -2.32. The summed E-state index contributed by atoms with van der Waals surface area (Å²) in [5.41, 5.74) is 7.62. The van der Waals surface area contributed by atoms with E-state index in [1.165, 1.54) is 29.6 Å². The fourth-order valence-electron chi connectivity index (χ4n) is 4.93. The first kappa shape index (κ1) is 20.8. The van der Waals surface area contributed by atoms with Crippen molar-refractivity contribution in [3.8, 4) is 0 Å². The maximum Gasteiger partial charge on any atom is 0.189 e. The van der Waals surface area contributed by atoms with Gasteiger partial charge in [-0.05, 0) is 68.2 Å². The molecule has 1 fully saturated rings. The number of Topliss-reactive ketones (excluding diaryl/α,β-unsaturated/α-hetero) is 1. The first-order chi connectivity index (χ1) is 14.7. The van der Waals surface area contributed by atoms with Gasteiger partial charge in [-0.25, -0.2) is 0 Å². The van der Waals surface area contributed by atoms with Crippen molar-refractivity contribution in [3.05, 3.63) is 88.0 Å². The molecule has 2 aromatic carbocycles. The van der Waals surface area contributed by atoms with Crippen LogP contribution in [0, 0.1) is 12.8 Å². The van der Waals surface area contributed by atoms with Crippen LogP contribution >= 0.6 is 0 Å². The zero-order valence-corrected chi connectivity index (χ0v) is 17.8. The fourth-order valence-corrected chi connectivity index (χ4v) is 4.93. The van der Waals surface area contributed by atoms with Gasteiger partial charge in [0.25, 0.3) is 0 Å². The summed E-state index contributed by atoms with van der Waals surface area (Å²) in [7, 11) is 0. The van der Waals surface area contributed by atoms with E-state index in [2.05, 4.69) is 36.5 Å². The van der Waals surface area contributed by atoms with Crippen molar-refractivity contribution < 1.29 is 9.90 Å². The molecule has 0 radical (unpaired) electrons. The predicted molar refractivity (Wildman–Crippen MR) is 122 cm³/mol. The number of piperidine rings is 1. The van der Waals surface area contributed by atoms with Crippen LogP contribution < -0.4 is 5.32 Å². The molecule has 0 bridgehead atoms. The van der Waals surface area contributed by atoms with Gasteiger partial charge in [0, 0.05) is 24.3 Å². The third-order valence-electron chi connectivity index (χ3n) is 6.44. The molecule has 1 saturated heterocycles. The first-order valence-corrected chi connectivity index (χ1v) is 11.1. The highest BCUT2D eigenvalue weighted by Crippen LogP contribution is 2.43. The van der Waals surface area contributed by atoms with Crippen LogP contribution in [0.1, 0.15) is 53.6 Å². The Bertz CT molecular complexity index is 948. The van der Waals surface area contributed by atoms with Crippen LogP contribution in [0.2, 0.25) is 0 Å². The summed E-state index contributed by atoms with van der Waals surface area (Å²) >= 11 is 0. The van der Waals surface area contributed by atoms with Crippen molar-refractivity contribution in [2.75, 3.05) is 19.7 Å². The van der Waals surface area contributed by atoms with Gasteiger partial charge in [-0.2, -0.15) is 0 Å². The van der Waals surface area contributed by atoms with Gasteiger partial charge in [0.05, 0.1) is 0 Å². The highest BCUT2D eigenvalue weighted by molar-refractivity contribution is 6.15. The molecule has 3 nitrogen and oxygen atoms in total. The van der Waals surface area contributed by atoms with Crippen molar-refractivity contribution >= 4 is 11.4 Å². The summed E-state index contributed by atoms with van der Waals surface area (Å²) in [6, 6.07) is 18.1. The molecule has 1 aliphatic carbocycles. The Labute approximate surface area is 179 Å². The number of hydrogen-bond donors (Lipinski definition) is 2. The SMILES string of the molecule is Cc1ccc(C2=C(C(=O)c3ccccc3)CCC(C3CCCNC3)=C2CCO)cc1. The normalized spacial score (nSPS) is 19.9. The van der Waals surface area contributed by atoms with Crippen LogP contribution in [0.3, 0.4) is 0 Å². The lowest BCUT2D eigenvalue weighted by atomic mass is 9.73. The highest BCUT2D eigenvalue weighted by atomic mass is 16.3. The Morgan fingerprint density at radius 3 is 2.50 bits per heavy atom. The number of aliphatic hydroxyl groups is 1. The molecule has 1 atom stereocenters. The van der Waals surface area contributed by atoms with E-state index in [1.807, 2.05) is 30.3 Å². The lowest BCUT2D eigenvalue weighted by molar-refractivity contribution is 0.103. The van der Waals surface area contributed by atoms with E-state index in [0.717, 1.165) is 48.2 Å². The summed E-state index contributed by atoms with van der Waals surface area (Å²) in [4.78, 5) is 13.5. The fraction of sp³-hybridized carbons (Fsp3) is 0.370. The molecule has 1 unspecified atom stereocenters. The van der Waals surface area contributed by atoms with Crippen LogP contribution in [0.4, 0.5) is 0 Å². The number of hydrogen-bond acceptors (Lipinski definition) is 3. The van der Waals surface area contributed by atoms with Crippen molar-refractivity contribution in [2.45, 2.75) is 39.0 Å². The monoisotopic (exact) mass is 401 g/mol. The second kappa shape index (κ2) is 9.55. The molecule has 0 aromatic heterocycles. The van der Waals surface area contributed by atoms with Gasteiger partial charge in [-0.15, -0.1) is 0 Å². The standard InChI is InChI=1S/C27H31NO2/c1-19-9-11-20(12-10-19)26-24(15-17-29)23(22-8-5-16-28-18-22)13-14-25(26)27(30)21-6-3-2-4-7-21/h2-4,6-7,9-12,22,28-29H,5,8,13-18H2,1H3. The molecule has 2 N–H and O–H groups in total. The summed E-state index contributed by atoms with van der Waals surface area (Å²) in [5, 5.41) is 13.5.